The molecule has 2 heteroatoms. The van der Waals surface area contributed by atoms with E-state index in [1.165, 1.54) is 11.3 Å². The summed E-state index contributed by atoms with van der Waals surface area (Å²) in [5.41, 5.74) is 1.43. The minimum atomic E-state index is -0.463. The molecule has 1 aliphatic rings. The summed E-state index contributed by atoms with van der Waals surface area (Å²) in [6.45, 7) is 4.42. The van der Waals surface area contributed by atoms with Crippen LogP contribution in [0.3, 0.4) is 0 Å². The van der Waals surface area contributed by atoms with Crippen molar-refractivity contribution in [3.05, 3.63) is 22.5 Å². The van der Waals surface area contributed by atoms with Crippen LogP contribution in [-0.2, 0) is 0 Å². The molecule has 1 rings (SSSR count). The molecule has 0 saturated carbocycles. The fourth-order valence-corrected chi connectivity index (χ4v) is 4.01. The highest BCUT2D eigenvalue weighted by atomic mass is 127. The first-order chi connectivity index (χ1) is 4.16. The lowest BCUT2D eigenvalue weighted by molar-refractivity contribution is 1.52. The van der Waals surface area contributed by atoms with Crippen LogP contribution in [0.2, 0.25) is 0 Å². The fourth-order valence-electron chi connectivity index (χ4n) is 0.788. The highest BCUT2D eigenvalue weighted by Gasteiger charge is 2.14. The number of hydrogen-bond acceptors (Lipinski definition) is 0. The third kappa shape index (κ3) is 1.74. The Morgan fingerprint density at radius 2 is 2.33 bits per heavy atom. The second kappa shape index (κ2) is 2.66. The topological polar surface area (TPSA) is 0 Å². The number of rotatable bonds is 1. The predicted octanol–water partition coefficient (Wildman–Crippen LogP) is 3.59. The molecule has 0 saturated heterocycles. The molecule has 0 aliphatic carbocycles. The highest BCUT2D eigenvalue weighted by Crippen LogP contribution is 2.62. The molecular weight excluding hydrogens is 243 g/mol. The van der Waals surface area contributed by atoms with Crippen LogP contribution in [0.15, 0.2) is 22.5 Å². The molecule has 1 aliphatic heterocycles. The minimum absolute atomic E-state index is 0.463. The lowest BCUT2D eigenvalue weighted by Crippen LogP contribution is -1.79. The zero-order valence-corrected chi connectivity index (χ0v) is 8.70. The van der Waals surface area contributed by atoms with E-state index in [-0.39, 0.29) is 0 Å². The molecule has 0 spiro atoms. The average Bonchev–Trinajstić information content (AvgIpc) is 2.13. The summed E-state index contributed by atoms with van der Waals surface area (Å²) in [6, 6.07) is 0. The van der Waals surface area contributed by atoms with Gasteiger partial charge in [0.15, 0.2) is 0 Å². The van der Waals surface area contributed by atoms with Crippen LogP contribution in [0.25, 0.3) is 0 Å². The summed E-state index contributed by atoms with van der Waals surface area (Å²) in [5, 5.41) is 4.75. The molecule has 0 bridgehead atoms. The van der Waals surface area contributed by atoms with Gasteiger partial charge in [-0.3, -0.25) is 0 Å². The van der Waals surface area contributed by atoms with Gasteiger partial charge >= 0.3 is 0 Å². The Bertz CT molecular complexity index is 172. The Morgan fingerprint density at radius 1 is 1.67 bits per heavy atom. The van der Waals surface area contributed by atoms with Crippen LogP contribution < -0.4 is 0 Å². The Morgan fingerprint density at radius 3 is 2.56 bits per heavy atom. The van der Waals surface area contributed by atoms with Gasteiger partial charge in [0.2, 0.25) is 0 Å². The standard InChI is InChI=1S/C7H11IS/c1-3-9(8)5-4-7(2)6-9/h4-6H,3H2,1-2H3. The van der Waals surface area contributed by atoms with Crippen LogP contribution in [-0.4, -0.2) is 5.75 Å². The zero-order chi connectivity index (χ0) is 6.91. The molecule has 0 aromatic heterocycles. The predicted molar refractivity (Wildman–Crippen MR) is 55.0 cm³/mol. The van der Waals surface area contributed by atoms with Crippen molar-refractivity contribution in [1.82, 2.24) is 0 Å². The summed E-state index contributed by atoms with van der Waals surface area (Å²) < 4.78 is 0. The SMILES string of the molecule is CCS1(I)C=CC(C)=C1. The van der Waals surface area contributed by atoms with Crippen LogP contribution in [0.4, 0.5) is 0 Å². The molecular formula is C7H11IS. The third-order valence-corrected chi connectivity index (χ3v) is 7.13. The number of hydrogen-bond donors (Lipinski definition) is 0. The van der Waals surface area contributed by atoms with Crippen molar-refractivity contribution in [2.75, 3.05) is 5.75 Å². The van der Waals surface area contributed by atoms with Crippen molar-refractivity contribution in [3.63, 3.8) is 0 Å². The van der Waals surface area contributed by atoms with Gasteiger partial charge in [-0.05, 0) is 50.3 Å². The molecule has 52 valence electrons. The van der Waals surface area contributed by atoms with Crippen molar-refractivity contribution in [2.45, 2.75) is 13.8 Å². The Balaban J connectivity index is 2.78. The molecule has 9 heavy (non-hydrogen) atoms. The summed E-state index contributed by atoms with van der Waals surface area (Å²) >= 11 is 2.56. The van der Waals surface area contributed by atoms with Gasteiger partial charge in [-0.25, -0.2) is 0 Å². The van der Waals surface area contributed by atoms with Gasteiger partial charge in [-0.2, -0.15) is 0 Å². The molecule has 1 atom stereocenters. The van der Waals surface area contributed by atoms with Crippen LogP contribution in [0.1, 0.15) is 13.8 Å². The van der Waals surface area contributed by atoms with Gasteiger partial charge in [-0.15, -0.1) is 7.20 Å². The number of allylic oxidation sites excluding steroid dienone is 2. The van der Waals surface area contributed by atoms with E-state index >= 15 is 0 Å². The summed E-state index contributed by atoms with van der Waals surface area (Å²) in [6.07, 6.45) is 2.23. The van der Waals surface area contributed by atoms with Crippen molar-refractivity contribution in [3.8, 4) is 0 Å². The quantitative estimate of drug-likeness (QED) is 0.627. The largest absolute Gasteiger partial charge is 0.147 e. The lowest BCUT2D eigenvalue weighted by atomic mass is 10.4. The van der Waals surface area contributed by atoms with Gasteiger partial charge in [-0.1, -0.05) is 13.0 Å². The van der Waals surface area contributed by atoms with Gasteiger partial charge in [0.1, 0.15) is 0 Å². The molecule has 0 radical (unpaired) electrons. The fraction of sp³-hybridized carbons (Fsp3) is 0.429. The van der Waals surface area contributed by atoms with Crippen molar-refractivity contribution in [1.29, 1.82) is 0 Å². The maximum absolute atomic E-state index is 2.56. The molecule has 0 amide bonds. The van der Waals surface area contributed by atoms with E-state index in [1.807, 2.05) is 0 Å². The first-order valence-electron chi connectivity index (χ1n) is 3.03. The van der Waals surface area contributed by atoms with Gasteiger partial charge < -0.3 is 0 Å². The molecule has 0 aromatic carbocycles. The summed E-state index contributed by atoms with van der Waals surface area (Å²) in [7, 11) is -0.463. The van der Waals surface area contributed by atoms with Crippen LogP contribution in [0.5, 0.6) is 0 Å². The van der Waals surface area contributed by atoms with E-state index < -0.39 is 7.20 Å². The van der Waals surface area contributed by atoms with Gasteiger partial charge in [0, 0.05) is 0 Å². The number of halogens is 1. The van der Waals surface area contributed by atoms with E-state index in [1.54, 1.807) is 0 Å². The van der Waals surface area contributed by atoms with Gasteiger partial charge in [0.05, 0.1) is 0 Å². The van der Waals surface area contributed by atoms with Crippen LogP contribution >= 0.6 is 28.4 Å². The summed E-state index contributed by atoms with van der Waals surface area (Å²) in [5.74, 6) is 1.28. The van der Waals surface area contributed by atoms with Crippen molar-refractivity contribution < 1.29 is 0 Å². The van der Waals surface area contributed by atoms with Crippen molar-refractivity contribution >= 4 is 28.4 Å². The van der Waals surface area contributed by atoms with E-state index in [2.05, 4.69) is 51.9 Å². The molecule has 0 fully saturated rings. The monoisotopic (exact) mass is 254 g/mol. The van der Waals surface area contributed by atoms with Crippen molar-refractivity contribution in [2.24, 2.45) is 0 Å². The Labute approximate surface area is 70.3 Å². The molecule has 1 heterocycles. The highest BCUT2D eigenvalue weighted by molar-refractivity contribution is 14.2. The summed E-state index contributed by atoms with van der Waals surface area (Å²) in [4.78, 5) is 0. The van der Waals surface area contributed by atoms with E-state index in [4.69, 9.17) is 0 Å². The lowest BCUT2D eigenvalue weighted by Gasteiger charge is -2.19. The molecule has 0 aromatic rings. The maximum Gasteiger partial charge on any atom is -0.0101 e. The molecule has 0 N–H and O–H groups in total. The normalized spacial score (nSPS) is 40.1. The average molecular weight is 254 g/mol. The maximum atomic E-state index is 2.56. The zero-order valence-electron chi connectivity index (χ0n) is 5.73. The first kappa shape index (κ1) is 7.66. The molecule has 1 unspecified atom stereocenters. The Hall–Kier alpha value is 0.560. The smallest absolute Gasteiger partial charge is 0.0101 e. The minimum Gasteiger partial charge on any atom is -0.147 e. The second-order valence-corrected chi connectivity index (χ2v) is 9.73. The van der Waals surface area contributed by atoms with Crippen LogP contribution in [0, 0.1) is 0 Å². The van der Waals surface area contributed by atoms with E-state index in [9.17, 15) is 0 Å². The first-order valence-corrected chi connectivity index (χ1v) is 7.50. The van der Waals surface area contributed by atoms with Gasteiger partial charge in [0.25, 0.3) is 0 Å². The molecule has 0 nitrogen and oxygen atoms in total. The second-order valence-electron chi connectivity index (χ2n) is 2.21. The van der Waals surface area contributed by atoms with E-state index in [0.717, 1.165) is 0 Å². The van der Waals surface area contributed by atoms with E-state index in [0.29, 0.717) is 0 Å². The Kier molecular flexibility index (Phi) is 2.27. The third-order valence-electron chi connectivity index (χ3n) is 1.38.